The Bertz CT molecular complexity index is 549. The van der Waals surface area contributed by atoms with Gasteiger partial charge in [0.15, 0.2) is 0 Å². The van der Waals surface area contributed by atoms with Crippen molar-refractivity contribution < 1.29 is 14.3 Å². The third-order valence-corrected chi connectivity index (χ3v) is 2.57. The number of aromatic nitrogens is 1. The lowest BCUT2D eigenvalue weighted by Gasteiger charge is -2.07. The zero-order valence-electron chi connectivity index (χ0n) is 10.2. The van der Waals surface area contributed by atoms with Crippen molar-refractivity contribution in [3.05, 3.63) is 48.2 Å². The Hall–Kier alpha value is -2.36. The maximum atomic E-state index is 11.3. The predicted octanol–water partition coefficient (Wildman–Crippen LogP) is 2.54. The summed E-state index contributed by atoms with van der Waals surface area (Å²) in [5.74, 6) is 0.345. The maximum absolute atomic E-state index is 11.3. The predicted molar refractivity (Wildman–Crippen MR) is 67.6 cm³/mol. The lowest BCUT2D eigenvalue weighted by atomic mass is 10.1. The monoisotopic (exact) mass is 243 g/mol. The second-order valence-electron chi connectivity index (χ2n) is 3.62. The van der Waals surface area contributed by atoms with Gasteiger partial charge in [-0.25, -0.2) is 4.79 Å². The molecule has 1 aromatic carbocycles. The van der Waals surface area contributed by atoms with Gasteiger partial charge in [-0.1, -0.05) is 12.1 Å². The molecule has 2 aromatic rings. The average molecular weight is 243 g/mol. The molecular formula is C14H13NO3. The van der Waals surface area contributed by atoms with Gasteiger partial charge < -0.3 is 9.47 Å². The van der Waals surface area contributed by atoms with Crippen molar-refractivity contribution in [2.75, 3.05) is 14.2 Å². The van der Waals surface area contributed by atoms with E-state index in [0.717, 1.165) is 11.3 Å². The van der Waals surface area contributed by atoms with Gasteiger partial charge in [0.25, 0.3) is 0 Å². The number of pyridine rings is 1. The first-order valence-electron chi connectivity index (χ1n) is 5.44. The zero-order valence-corrected chi connectivity index (χ0v) is 10.2. The molecule has 0 saturated carbocycles. The summed E-state index contributed by atoms with van der Waals surface area (Å²) in [7, 11) is 2.96. The van der Waals surface area contributed by atoms with Crippen LogP contribution in [-0.2, 0) is 4.74 Å². The van der Waals surface area contributed by atoms with Crippen LogP contribution < -0.4 is 4.74 Å². The zero-order chi connectivity index (χ0) is 13.0. The normalized spacial score (nSPS) is 9.89. The lowest BCUT2D eigenvalue weighted by molar-refractivity contribution is 0.0601. The van der Waals surface area contributed by atoms with Crippen LogP contribution in [0.3, 0.4) is 0 Å². The number of hydrogen-bond donors (Lipinski definition) is 0. The van der Waals surface area contributed by atoms with Crippen LogP contribution in [-0.4, -0.2) is 25.2 Å². The van der Waals surface area contributed by atoms with Gasteiger partial charge in [0.05, 0.1) is 19.8 Å². The summed E-state index contributed by atoms with van der Waals surface area (Å²) in [6.07, 6.45) is 1.70. The van der Waals surface area contributed by atoms with Gasteiger partial charge in [-0.2, -0.15) is 0 Å². The third-order valence-electron chi connectivity index (χ3n) is 2.57. The molecule has 0 aliphatic rings. The molecule has 0 N–H and O–H groups in total. The molecule has 2 rings (SSSR count). The Labute approximate surface area is 105 Å². The van der Waals surface area contributed by atoms with Crippen molar-refractivity contribution in [3.63, 3.8) is 0 Å². The van der Waals surface area contributed by atoms with E-state index in [1.54, 1.807) is 25.4 Å². The molecule has 4 nitrogen and oxygen atoms in total. The maximum Gasteiger partial charge on any atom is 0.337 e. The fourth-order valence-corrected chi connectivity index (χ4v) is 1.65. The molecule has 92 valence electrons. The Kier molecular flexibility index (Phi) is 3.57. The Morgan fingerprint density at radius 1 is 1.11 bits per heavy atom. The highest BCUT2D eigenvalue weighted by atomic mass is 16.5. The number of nitrogens with zero attached hydrogens (tertiary/aromatic N) is 1. The fourth-order valence-electron chi connectivity index (χ4n) is 1.65. The number of hydrogen-bond acceptors (Lipinski definition) is 4. The van der Waals surface area contributed by atoms with Crippen molar-refractivity contribution in [1.29, 1.82) is 0 Å². The standard InChI is InChI=1S/C14H13NO3/c1-17-12-4-3-9-15-13(12)10-5-7-11(8-6-10)14(16)18-2/h3-9H,1-2H3. The summed E-state index contributed by atoms with van der Waals surface area (Å²) in [5.41, 5.74) is 2.15. The summed E-state index contributed by atoms with van der Waals surface area (Å²) < 4.78 is 9.89. The quantitative estimate of drug-likeness (QED) is 0.777. The van der Waals surface area contributed by atoms with Gasteiger partial charge in [-0.15, -0.1) is 0 Å². The minimum atomic E-state index is -0.352. The first-order valence-corrected chi connectivity index (χ1v) is 5.44. The Morgan fingerprint density at radius 3 is 2.44 bits per heavy atom. The number of esters is 1. The minimum absolute atomic E-state index is 0.352. The molecule has 18 heavy (non-hydrogen) atoms. The number of carbonyl (C=O) groups is 1. The molecule has 0 radical (unpaired) electrons. The van der Waals surface area contributed by atoms with E-state index in [4.69, 9.17) is 4.74 Å². The number of methoxy groups -OCH3 is 2. The lowest BCUT2D eigenvalue weighted by Crippen LogP contribution is -2.00. The molecule has 0 saturated heterocycles. The van der Waals surface area contributed by atoms with Crippen LogP contribution in [0.2, 0.25) is 0 Å². The Balaban J connectivity index is 2.37. The van der Waals surface area contributed by atoms with E-state index in [1.807, 2.05) is 24.3 Å². The van der Waals surface area contributed by atoms with Crippen LogP contribution in [0.5, 0.6) is 5.75 Å². The first-order chi connectivity index (χ1) is 8.76. The van der Waals surface area contributed by atoms with E-state index in [9.17, 15) is 4.79 Å². The van der Waals surface area contributed by atoms with Crippen LogP contribution in [0.15, 0.2) is 42.6 Å². The highest BCUT2D eigenvalue weighted by molar-refractivity contribution is 5.90. The second kappa shape index (κ2) is 5.31. The van der Waals surface area contributed by atoms with Gasteiger partial charge >= 0.3 is 5.97 Å². The van der Waals surface area contributed by atoms with Gasteiger partial charge in [-0.05, 0) is 24.3 Å². The molecule has 0 spiro atoms. The van der Waals surface area contributed by atoms with Crippen molar-refractivity contribution in [1.82, 2.24) is 4.98 Å². The van der Waals surface area contributed by atoms with E-state index < -0.39 is 0 Å². The number of rotatable bonds is 3. The number of ether oxygens (including phenoxy) is 2. The van der Waals surface area contributed by atoms with Crippen LogP contribution >= 0.6 is 0 Å². The summed E-state index contributed by atoms with van der Waals surface area (Å²) >= 11 is 0. The summed E-state index contributed by atoms with van der Waals surface area (Å²) in [5, 5.41) is 0. The van der Waals surface area contributed by atoms with E-state index in [2.05, 4.69) is 9.72 Å². The van der Waals surface area contributed by atoms with Crippen molar-refractivity contribution >= 4 is 5.97 Å². The van der Waals surface area contributed by atoms with Crippen molar-refractivity contribution in [2.24, 2.45) is 0 Å². The molecule has 1 aromatic heterocycles. The van der Waals surface area contributed by atoms with Crippen molar-refractivity contribution in [3.8, 4) is 17.0 Å². The first kappa shape index (κ1) is 12.1. The molecule has 0 atom stereocenters. The Morgan fingerprint density at radius 2 is 1.83 bits per heavy atom. The van der Waals surface area contributed by atoms with Gasteiger partial charge in [0, 0.05) is 11.8 Å². The molecule has 4 heteroatoms. The van der Waals surface area contributed by atoms with Crippen LogP contribution in [0.25, 0.3) is 11.3 Å². The van der Waals surface area contributed by atoms with Gasteiger partial charge in [0.1, 0.15) is 11.4 Å². The molecule has 1 heterocycles. The van der Waals surface area contributed by atoms with Gasteiger partial charge in [0.2, 0.25) is 0 Å². The van der Waals surface area contributed by atoms with Crippen LogP contribution in [0.4, 0.5) is 0 Å². The van der Waals surface area contributed by atoms with Crippen LogP contribution in [0, 0.1) is 0 Å². The van der Waals surface area contributed by atoms with E-state index in [-0.39, 0.29) is 5.97 Å². The van der Waals surface area contributed by atoms with Crippen LogP contribution in [0.1, 0.15) is 10.4 Å². The molecular weight excluding hydrogens is 230 g/mol. The molecule has 0 unspecified atom stereocenters. The summed E-state index contributed by atoms with van der Waals surface area (Å²) in [4.78, 5) is 15.6. The number of benzene rings is 1. The topological polar surface area (TPSA) is 48.4 Å². The van der Waals surface area contributed by atoms with E-state index in [0.29, 0.717) is 11.3 Å². The third kappa shape index (κ3) is 2.32. The second-order valence-corrected chi connectivity index (χ2v) is 3.62. The summed E-state index contributed by atoms with van der Waals surface area (Å²) in [6, 6.07) is 10.7. The molecule has 0 amide bonds. The number of carbonyl (C=O) groups excluding carboxylic acids is 1. The molecule has 0 aliphatic heterocycles. The molecule has 0 aliphatic carbocycles. The highest BCUT2D eigenvalue weighted by Gasteiger charge is 2.08. The molecule has 0 fully saturated rings. The van der Waals surface area contributed by atoms with Gasteiger partial charge in [-0.3, -0.25) is 4.98 Å². The summed E-state index contributed by atoms with van der Waals surface area (Å²) in [6.45, 7) is 0. The van der Waals surface area contributed by atoms with Crippen molar-refractivity contribution in [2.45, 2.75) is 0 Å². The SMILES string of the molecule is COC(=O)c1ccc(-c2ncccc2OC)cc1. The fraction of sp³-hybridized carbons (Fsp3) is 0.143. The highest BCUT2D eigenvalue weighted by Crippen LogP contribution is 2.27. The smallest absolute Gasteiger partial charge is 0.337 e. The van der Waals surface area contributed by atoms with E-state index in [1.165, 1.54) is 7.11 Å². The largest absolute Gasteiger partial charge is 0.494 e. The minimum Gasteiger partial charge on any atom is -0.494 e. The molecule has 0 bridgehead atoms. The van der Waals surface area contributed by atoms with E-state index >= 15 is 0 Å². The average Bonchev–Trinajstić information content (AvgIpc) is 2.46.